The van der Waals surface area contributed by atoms with E-state index in [2.05, 4.69) is 29.4 Å². The number of rotatable bonds is 5. The number of fused-ring (bicyclic) bond motifs is 1. The first kappa shape index (κ1) is 17.7. The molecule has 134 valence electrons. The molecule has 2 heterocycles. The number of aromatic nitrogens is 2. The monoisotopic (exact) mass is 341 g/mol. The van der Waals surface area contributed by atoms with Crippen LogP contribution in [0.15, 0.2) is 29.8 Å². The lowest BCUT2D eigenvalue weighted by molar-refractivity contribution is 0.0697. The zero-order valence-corrected chi connectivity index (χ0v) is 15.3. The Balaban J connectivity index is 1.97. The Morgan fingerprint density at radius 3 is 2.72 bits per heavy atom. The van der Waals surface area contributed by atoms with Crippen LogP contribution in [0.5, 0.6) is 0 Å². The number of carboxylic acids is 1. The lowest BCUT2D eigenvalue weighted by Crippen LogP contribution is -2.33. The zero-order valence-electron chi connectivity index (χ0n) is 15.3. The van der Waals surface area contributed by atoms with Gasteiger partial charge in [0.15, 0.2) is 0 Å². The lowest BCUT2D eigenvalue weighted by Gasteiger charge is -2.30. The third-order valence-corrected chi connectivity index (χ3v) is 5.22. The maximum atomic E-state index is 11.3. The first-order valence-corrected chi connectivity index (χ1v) is 9.04. The van der Waals surface area contributed by atoms with Gasteiger partial charge < -0.3 is 9.67 Å². The molecule has 1 fully saturated rings. The highest BCUT2D eigenvalue weighted by atomic mass is 16.4. The van der Waals surface area contributed by atoms with Crippen LogP contribution in [-0.2, 0) is 13.1 Å². The summed E-state index contributed by atoms with van der Waals surface area (Å²) in [7, 11) is 0. The molecule has 3 rings (SSSR count). The Labute approximate surface area is 149 Å². The van der Waals surface area contributed by atoms with Gasteiger partial charge in [0.05, 0.1) is 23.1 Å². The van der Waals surface area contributed by atoms with Crippen molar-refractivity contribution in [2.24, 2.45) is 5.92 Å². The Bertz CT molecular complexity index is 799. The molecular weight excluding hydrogens is 314 g/mol. The van der Waals surface area contributed by atoms with E-state index in [1.807, 2.05) is 13.0 Å². The van der Waals surface area contributed by atoms with Crippen LogP contribution in [0.2, 0.25) is 0 Å². The summed E-state index contributed by atoms with van der Waals surface area (Å²) in [6.45, 7) is 10.2. The van der Waals surface area contributed by atoms with E-state index in [1.54, 1.807) is 12.1 Å². The van der Waals surface area contributed by atoms with Crippen molar-refractivity contribution in [3.63, 3.8) is 0 Å². The fraction of sp³-hybridized carbons (Fsp3) is 0.500. The second-order valence-corrected chi connectivity index (χ2v) is 7.22. The van der Waals surface area contributed by atoms with E-state index in [1.165, 1.54) is 18.4 Å². The third kappa shape index (κ3) is 3.93. The fourth-order valence-electron chi connectivity index (χ4n) is 3.36. The summed E-state index contributed by atoms with van der Waals surface area (Å²) in [6.07, 6.45) is 4.56. The summed E-state index contributed by atoms with van der Waals surface area (Å²) in [5.74, 6) is 0.927. The smallest absolute Gasteiger partial charge is 0.335 e. The van der Waals surface area contributed by atoms with Crippen LogP contribution in [-0.4, -0.2) is 38.6 Å². The summed E-state index contributed by atoms with van der Waals surface area (Å²) in [6, 6.07) is 5.20. The minimum absolute atomic E-state index is 0.310. The first-order chi connectivity index (χ1) is 12.0. The van der Waals surface area contributed by atoms with Crippen molar-refractivity contribution >= 4 is 17.0 Å². The van der Waals surface area contributed by atoms with Crippen molar-refractivity contribution in [1.82, 2.24) is 14.5 Å². The molecule has 0 radical (unpaired) electrons. The van der Waals surface area contributed by atoms with Crippen molar-refractivity contribution in [1.29, 1.82) is 0 Å². The predicted molar refractivity (Wildman–Crippen MR) is 99.8 cm³/mol. The standard InChI is InChI=1S/C20H27N3O2/c1-4-14(2)12-23-18-11-16(20(24)25)5-6-17(18)21-19(23)13-22-9-7-15(3)8-10-22/h4-6,11,15H,7-10,12-13H2,1-3H3,(H,24,25)/b14-4+. The normalized spacial score (nSPS) is 17.3. The molecule has 0 amide bonds. The largest absolute Gasteiger partial charge is 0.478 e. The van der Waals surface area contributed by atoms with Gasteiger partial charge in [-0.3, -0.25) is 4.90 Å². The molecule has 0 bridgehead atoms. The van der Waals surface area contributed by atoms with Gasteiger partial charge in [-0.1, -0.05) is 18.6 Å². The van der Waals surface area contributed by atoms with Crippen LogP contribution >= 0.6 is 0 Å². The SMILES string of the molecule is C/C=C(\C)Cn1c(CN2CCC(C)CC2)nc2ccc(C(=O)O)cc21. The van der Waals surface area contributed by atoms with Gasteiger partial charge in [-0.2, -0.15) is 0 Å². The number of imidazole rings is 1. The lowest BCUT2D eigenvalue weighted by atomic mass is 9.99. The topological polar surface area (TPSA) is 58.4 Å². The van der Waals surface area contributed by atoms with Crippen LogP contribution in [0, 0.1) is 5.92 Å². The summed E-state index contributed by atoms with van der Waals surface area (Å²) >= 11 is 0. The average Bonchev–Trinajstić information content (AvgIpc) is 2.93. The molecule has 25 heavy (non-hydrogen) atoms. The van der Waals surface area contributed by atoms with Crippen LogP contribution in [0.4, 0.5) is 0 Å². The molecule has 1 N–H and O–H groups in total. The first-order valence-electron chi connectivity index (χ1n) is 9.04. The summed E-state index contributed by atoms with van der Waals surface area (Å²) in [5, 5.41) is 9.31. The maximum absolute atomic E-state index is 11.3. The number of hydrogen-bond acceptors (Lipinski definition) is 3. The number of likely N-dealkylation sites (tertiary alicyclic amines) is 1. The quantitative estimate of drug-likeness (QED) is 0.837. The van der Waals surface area contributed by atoms with Gasteiger partial charge in [-0.15, -0.1) is 0 Å². The number of piperidine rings is 1. The molecule has 1 saturated heterocycles. The van der Waals surface area contributed by atoms with E-state index in [0.29, 0.717) is 5.56 Å². The van der Waals surface area contributed by atoms with Gasteiger partial charge in [0.1, 0.15) is 5.82 Å². The second kappa shape index (κ2) is 7.40. The molecule has 0 unspecified atom stereocenters. The average molecular weight is 341 g/mol. The van der Waals surface area contributed by atoms with E-state index in [4.69, 9.17) is 4.98 Å². The van der Waals surface area contributed by atoms with Gasteiger partial charge in [0, 0.05) is 6.54 Å². The van der Waals surface area contributed by atoms with Crippen molar-refractivity contribution < 1.29 is 9.90 Å². The van der Waals surface area contributed by atoms with Crippen LogP contribution in [0.25, 0.3) is 11.0 Å². The number of allylic oxidation sites excluding steroid dienone is 2. The van der Waals surface area contributed by atoms with Crippen LogP contribution < -0.4 is 0 Å². The van der Waals surface area contributed by atoms with Gasteiger partial charge in [-0.05, 0) is 63.9 Å². The highest BCUT2D eigenvalue weighted by Crippen LogP contribution is 2.23. The molecule has 0 saturated carbocycles. The number of hydrogen-bond donors (Lipinski definition) is 1. The predicted octanol–water partition coefficient (Wildman–Crippen LogP) is 3.93. The number of nitrogens with zero attached hydrogens (tertiary/aromatic N) is 3. The second-order valence-electron chi connectivity index (χ2n) is 7.22. The molecule has 1 aromatic carbocycles. The van der Waals surface area contributed by atoms with Crippen molar-refractivity contribution in [2.75, 3.05) is 13.1 Å². The van der Waals surface area contributed by atoms with Crippen molar-refractivity contribution in [3.05, 3.63) is 41.2 Å². The molecule has 1 aliphatic heterocycles. The molecule has 0 aliphatic carbocycles. The van der Waals surface area contributed by atoms with Gasteiger partial charge in [-0.25, -0.2) is 9.78 Å². The van der Waals surface area contributed by atoms with Crippen molar-refractivity contribution in [3.8, 4) is 0 Å². The highest BCUT2D eigenvalue weighted by Gasteiger charge is 2.20. The Morgan fingerprint density at radius 2 is 2.08 bits per heavy atom. The zero-order chi connectivity index (χ0) is 18.0. The van der Waals surface area contributed by atoms with Crippen LogP contribution in [0.3, 0.4) is 0 Å². The van der Waals surface area contributed by atoms with Gasteiger partial charge in [0.2, 0.25) is 0 Å². The highest BCUT2D eigenvalue weighted by molar-refractivity contribution is 5.92. The van der Waals surface area contributed by atoms with Crippen LogP contribution in [0.1, 0.15) is 49.8 Å². The van der Waals surface area contributed by atoms with E-state index in [0.717, 1.165) is 49.0 Å². The third-order valence-electron chi connectivity index (χ3n) is 5.22. The Morgan fingerprint density at radius 1 is 1.36 bits per heavy atom. The summed E-state index contributed by atoms with van der Waals surface area (Å²) in [5.41, 5.74) is 3.33. The summed E-state index contributed by atoms with van der Waals surface area (Å²) in [4.78, 5) is 18.6. The molecule has 5 nitrogen and oxygen atoms in total. The summed E-state index contributed by atoms with van der Waals surface area (Å²) < 4.78 is 2.18. The minimum atomic E-state index is -0.899. The van der Waals surface area contributed by atoms with Gasteiger partial charge >= 0.3 is 5.97 Å². The van der Waals surface area contributed by atoms with Gasteiger partial charge in [0.25, 0.3) is 0 Å². The molecule has 1 aromatic heterocycles. The van der Waals surface area contributed by atoms with Crippen molar-refractivity contribution in [2.45, 2.75) is 46.7 Å². The van der Waals surface area contributed by atoms with E-state index >= 15 is 0 Å². The molecule has 2 aromatic rings. The molecule has 0 spiro atoms. The molecule has 0 atom stereocenters. The number of carboxylic acid groups (broad SMARTS) is 1. The number of benzene rings is 1. The van der Waals surface area contributed by atoms with E-state index < -0.39 is 5.97 Å². The maximum Gasteiger partial charge on any atom is 0.335 e. The minimum Gasteiger partial charge on any atom is -0.478 e. The van der Waals surface area contributed by atoms with E-state index in [-0.39, 0.29) is 0 Å². The Hall–Kier alpha value is -2.14. The molecule has 1 aliphatic rings. The van der Waals surface area contributed by atoms with E-state index in [9.17, 15) is 9.90 Å². The molecular formula is C20H27N3O2. The number of aromatic carboxylic acids is 1. The Kier molecular flexibility index (Phi) is 5.23. The number of carbonyl (C=O) groups is 1. The molecule has 5 heteroatoms. The fourth-order valence-corrected chi connectivity index (χ4v) is 3.36.